The van der Waals surface area contributed by atoms with E-state index in [1.54, 1.807) is 24.4 Å². The third-order valence-corrected chi connectivity index (χ3v) is 8.83. The summed E-state index contributed by atoms with van der Waals surface area (Å²) in [7, 11) is 1.51. The van der Waals surface area contributed by atoms with Gasteiger partial charge in [-0.3, -0.25) is 19.6 Å². The van der Waals surface area contributed by atoms with Crippen LogP contribution in [0.4, 0.5) is 4.39 Å². The number of likely N-dealkylation sites (tertiary alicyclic amines) is 1. The fourth-order valence-corrected chi connectivity index (χ4v) is 5.98. The second kappa shape index (κ2) is 12.8. The van der Waals surface area contributed by atoms with Crippen molar-refractivity contribution in [1.82, 2.24) is 20.4 Å². The Morgan fingerprint density at radius 2 is 2.04 bits per heavy atom. The molecule has 1 aromatic heterocycles. The molecule has 1 saturated carbocycles. The molecule has 9 heteroatoms. The van der Waals surface area contributed by atoms with Gasteiger partial charge in [0.1, 0.15) is 11.6 Å². The third kappa shape index (κ3) is 6.88. The molecule has 6 rings (SSSR count). The first-order chi connectivity index (χ1) is 21.7. The second-order valence-electron chi connectivity index (χ2n) is 12.4. The molecule has 2 fully saturated rings. The molecule has 0 radical (unpaired) electrons. The summed E-state index contributed by atoms with van der Waals surface area (Å²) >= 11 is 0. The topological polar surface area (TPSA) is 99.7 Å². The average Bonchev–Trinajstić information content (AvgIpc) is 3.59. The van der Waals surface area contributed by atoms with Crippen LogP contribution in [0.2, 0.25) is 0 Å². The molecule has 0 bridgehead atoms. The average molecular weight is 608 g/mol. The van der Waals surface area contributed by atoms with Crippen LogP contribution < -0.4 is 10.1 Å². The van der Waals surface area contributed by atoms with Crippen LogP contribution in [-0.2, 0) is 11.3 Å². The van der Waals surface area contributed by atoms with Crippen molar-refractivity contribution >= 4 is 34.5 Å². The fourth-order valence-electron chi connectivity index (χ4n) is 5.98. The van der Waals surface area contributed by atoms with Crippen LogP contribution in [-0.4, -0.2) is 58.4 Å². The zero-order valence-corrected chi connectivity index (χ0v) is 25.8. The number of nitrogens with one attached hydrogen (secondary N) is 2. The summed E-state index contributed by atoms with van der Waals surface area (Å²) in [6.07, 6.45) is 16.9. The van der Waals surface area contributed by atoms with Crippen molar-refractivity contribution in [3.63, 3.8) is 0 Å². The van der Waals surface area contributed by atoms with Crippen molar-refractivity contribution in [3.8, 4) is 5.75 Å². The van der Waals surface area contributed by atoms with E-state index >= 15 is 0 Å². The van der Waals surface area contributed by atoms with Crippen LogP contribution in [0.5, 0.6) is 5.75 Å². The molecule has 1 aliphatic heterocycles. The van der Waals surface area contributed by atoms with Crippen LogP contribution in [0.3, 0.4) is 0 Å². The van der Waals surface area contributed by atoms with Crippen molar-refractivity contribution in [2.45, 2.75) is 57.7 Å². The van der Waals surface area contributed by atoms with Gasteiger partial charge in [0.25, 0.3) is 5.91 Å². The zero-order chi connectivity index (χ0) is 31.6. The molecular formula is C36H38FN5O3. The summed E-state index contributed by atoms with van der Waals surface area (Å²) < 4.78 is 20.4. The molecule has 2 amide bonds. The number of benzene rings is 2. The summed E-state index contributed by atoms with van der Waals surface area (Å²) in [6.45, 7) is 4.74. The van der Waals surface area contributed by atoms with E-state index in [4.69, 9.17) is 4.74 Å². The lowest BCUT2D eigenvalue weighted by molar-refractivity contribution is -0.129. The Labute approximate surface area is 262 Å². The highest BCUT2D eigenvalue weighted by molar-refractivity contribution is 6.03. The van der Waals surface area contributed by atoms with Gasteiger partial charge >= 0.3 is 0 Å². The number of allylic oxidation sites excluding steroid dienone is 8. The number of hydrogen-bond donors (Lipinski definition) is 2. The number of hydrogen-bond acceptors (Lipinski definition) is 5. The number of aromatic nitrogens is 2. The molecule has 232 valence electrons. The molecule has 2 aromatic carbocycles. The number of amides is 2. The first-order valence-corrected chi connectivity index (χ1v) is 15.4. The number of aliphatic imine (C=N–C) groups is 1. The first-order valence-electron chi connectivity index (χ1n) is 15.4. The number of halogens is 1. The summed E-state index contributed by atoms with van der Waals surface area (Å²) in [5.41, 5.74) is 4.33. The van der Waals surface area contributed by atoms with Gasteiger partial charge < -0.3 is 10.1 Å². The SMILES string of the molecule is COc1cccc(F)c1CN1CC(C=NC(=O)c2ccc3[nH]nc(C4=C/C(C)=C/C=C/C=C\4)c3c2)CC[C@H]1C(=O)NC1(C)CC1. The van der Waals surface area contributed by atoms with Crippen molar-refractivity contribution in [3.05, 3.63) is 101 Å². The highest BCUT2D eigenvalue weighted by Gasteiger charge is 2.42. The van der Waals surface area contributed by atoms with Crippen LogP contribution in [0.25, 0.3) is 16.5 Å². The molecule has 2 N–H and O–H groups in total. The number of carbonyl (C=O) groups is 2. The number of rotatable bonds is 8. The zero-order valence-electron chi connectivity index (χ0n) is 25.8. The van der Waals surface area contributed by atoms with Gasteiger partial charge in [-0.2, -0.15) is 5.10 Å². The normalized spacial score (nSPS) is 25.0. The van der Waals surface area contributed by atoms with Crippen LogP contribution in [0, 0.1) is 11.7 Å². The van der Waals surface area contributed by atoms with E-state index in [9.17, 15) is 14.0 Å². The van der Waals surface area contributed by atoms with Crippen molar-refractivity contribution in [2.75, 3.05) is 13.7 Å². The monoisotopic (exact) mass is 607 g/mol. The number of aromatic amines is 1. The van der Waals surface area contributed by atoms with Gasteiger partial charge in [0.05, 0.1) is 24.4 Å². The summed E-state index contributed by atoms with van der Waals surface area (Å²) in [5, 5.41) is 11.6. The second-order valence-corrected chi connectivity index (χ2v) is 12.4. The number of methoxy groups -OCH3 is 1. The van der Waals surface area contributed by atoms with E-state index in [1.807, 2.05) is 61.3 Å². The smallest absolute Gasteiger partial charge is 0.276 e. The maximum absolute atomic E-state index is 14.9. The highest BCUT2D eigenvalue weighted by Crippen LogP contribution is 2.35. The van der Waals surface area contributed by atoms with E-state index in [-0.39, 0.29) is 35.6 Å². The minimum atomic E-state index is -0.417. The molecular weight excluding hydrogens is 569 g/mol. The van der Waals surface area contributed by atoms with Crippen molar-refractivity contribution in [2.24, 2.45) is 10.9 Å². The van der Waals surface area contributed by atoms with Gasteiger partial charge in [-0.25, -0.2) is 9.38 Å². The molecule has 3 aliphatic rings. The molecule has 2 atom stereocenters. The predicted octanol–water partition coefficient (Wildman–Crippen LogP) is 6.33. The molecule has 8 nitrogen and oxygen atoms in total. The van der Waals surface area contributed by atoms with E-state index < -0.39 is 6.04 Å². The number of nitrogens with zero attached hydrogens (tertiary/aromatic N) is 3. The molecule has 45 heavy (non-hydrogen) atoms. The van der Waals surface area contributed by atoms with Gasteiger partial charge in [-0.15, -0.1) is 0 Å². The highest BCUT2D eigenvalue weighted by atomic mass is 19.1. The van der Waals surface area contributed by atoms with Crippen molar-refractivity contribution in [1.29, 1.82) is 0 Å². The minimum absolute atomic E-state index is 0.0445. The fraction of sp³-hybridized carbons (Fsp3) is 0.333. The molecule has 1 saturated heterocycles. The number of ether oxygens (including phenoxy) is 1. The Kier molecular flexibility index (Phi) is 8.63. The predicted molar refractivity (Wildman–Crippen MR) is 175 cm³/mol. The van der Waals surface area contributed by atoms with Gasteiger partial charge in [0.15, 0.2) is 0 Å². The quantitative estimate of drug-likeness (QED) is 0.292. The molecule has 3 aromatic rings. The lowest BCUT2D eigenvalue weighted by atomic mass is 9.92. The molecule has 1 unspecified atom stereocenters. The molecule has 2 heterocycles. The number of H-pyrrole nitrogens is 1. The summed E-state index contributed by atoms with van der Waals surface area (Å²) in [5.74, 6) is -0.424. The lowest BCUT2D eigenvalue weighted by Gasteiger charge is -2.38. The maximum atomic E-state index is 14.9. The Hall–Kier alpha value is -4.63. The van der Waals surface area contributed by atoms with Crippen LogP contribution in [0.1, 0.15) is 61.1 Å². The van der Waals surface area contributed by atoms with E-state index in [0.717, 1.165) is 40.6 Å². The number of carbonyl (C=O) groups excluding carboxylic acids is 2. The number of piperidine rings is 1. The van der Waals surface area contributed by atoms with Crippen molar-refractivity contribution < 1.29 is 18.7 Å². The van der Waals surface area contributed by atoms with E-state index in [2.05, 4.69) is 26.6 Å². The Morgan fingerprint density at radius 1 is 1.20 bits per heavy atom. The maximum Gasteiger partial charge on any atom is 0.276 e. The standard InChI is InChI=1S/C36H38FN5O3/c1-23-8-5-4-6-9-25(18-23)33-27-19-26(13-14-30(27)40-41-33)34(43)38-20-24-12-15-31(35(44)39-36(2)16-17-36)42(21-24)22-28-29(37)10-7-11-32(28)45-3/h4-11,13-14,18-20,24,31H,12,15-17,21-22H2,1-3H3,(H,39,44)(H,40,41)/b5-4+,6-4?,8-5?,9-6-,23-8+,23-18?,25-9?,25-18+,38-20?/t24?,31-/m0/s1. The summed E-state index contributed by atoms with van der Waals surface area (Å²) in [4.78, 5) is 33.0. The van der Waals surface area contributed by atoms with Crippen LogP contribution >= 0.6 is 0 Å². The third-order valence-electron chi connectivity index (χ3n) is 8.83. The Bertz CT molecular complexity index is 1780. The molecule has 2 aliphatic carbocycles. The minimum Gasteiger partial charge on any atom is -0.496 e. The Morgan fingerprint density at radius 3 is 2.84 bits per heavy atom. The van der Waals surface area contributed by atoms with Gasteiger partial charge in [0.2, 0.25) is 5.91 Å². The Balaban J connectivity index is 1.21. The largest absolute Gasteiger partial charge is 0.496 e. The van der Waals surface area contributed by atoms with Gasteiger partial charge in [-0.1, -0.05) is 42.0 Å². The van der Waals surface area contributed by atoms with Gasteiger partial charge in [-0.05, 0) is 75.9 Å². The lowest BCUT2D eigenvalue weighted by Crippen LogP contribution is -2.53. The molecule has 0 spiro atoms. The van der Waals surface area contributed by atoms with E-state index in [0.29, 0.717) is 36.3 Å². The summed E-state index contributed by atoms with van der Waals surface area (Å²) in [6, 6.07) is 9.74. The van der Waals surface area contributed by atoms with Gasteiger partial charge in [0, 0.05) is 52.8 Å². The first kappa shape index (κ1) is 30.4. The van der Waals surface area contributed by atoms with Crippen LogP contribution in [0.15, 0.2) is 83.4 Å². The number of fused-ring (bicyclic) bond motifs is 1. The van der Waals surface area contributed by atoms with E-state index in [1.165, 1.54) is 13.2 Å².